The van der Waals surface area contributed by atoms with Crippen molar-refractivity contribution in [3.63, 3.8) is 0 Å². The number of nitrogen functional groups attached to an aromatic ring is 1. The van der Waals surface area contributed by atoms with Crippen molar-refractivity contribution in [2.75, 3.05) is 5.73 Å². The first-order chi connectivity index (χ1) is 9.00. The highest BCUT2D eigenvalue weighted by Gasteiger charge is 2.39. The van der Waals surface area contributed by atoms with Crippen LogP contribution in [0.3, 0.4) is 0 Å². The van der Waals surface area contributed by atoms with Crippen LogP contribution in [0.1, 0.15) is 49.7 Å². The van der Waals surface area contributed by atoms with E-state index in [0.717, 1.165) is 23.3 Å². The highest BCUT2D eigenvalue weighted by atomic mass is 15.2. The standard InChI is InChI=1S/C15H22N4/c1-5-15(7-6-8-15)19-10(3)9(2)12-13(16)17-11(4)18-14(12)19/h5-8H2,1-4H3,(H2,16,17,18). The van der Waals surface area contributed by atoms with Crippen LogP contribution < -0.4 is 5.73 Å². The molecule has 2 N–H and O–H groups in total. The van der Waals surface area contributed by atoms with Gasteiger partial charge in [-0.2, -0.15) is 0 Å². The molecule has 0 atom stereocenters. The molecule has 102 valence electrons. The molecule has 4 heteroatoms. The first kappa shape index (κ1) is 12.5. The molecule has 2 aromatic rings. The molecule has 0 radical (unpaired) electrons. The summed E-state index contributed by atoms with van der Waals surface area (Å²) in [5, 5.41) is 1.04. The van der Waals surface area contributed by atoms with Crippen LogP contribution in [0.15, 0.2) is 0 Å². The van der Waals surface area contributed by atoms with E-state index in [0.29, 0.717) is 5.82 Å². The number of rotatable bonds is 2. The molecule has 2 heterocycles. The van der Waals surface area contributed by atoms with Crippen LogP contribution in [-0.2, 0) is 5.54 Å². The van der Waals surface area contributed by atoms with E-state index in [1.54, 1.807) is 0 Å². The van der Waals surface area contributed by atoms with E-state index >= 15 is 0 Å². The van der Waals surface area contributed by atoms with E-state index in [9.17, 15) is 0 Å². The third kappa shape index (κ3) is 1.52. The van der Waals surface area contributed by atoms with E-state index in [4.69, 9.17) is 5.73 Å². The SMILES string of the molecule is CCC1(n2c(C)c(C)c3c(N)nc(C)nc32)CCC1. The van der Waals surface area contributed by atoms with E-state index in [1.165, 1.54) is 30.5 Å². The van der Waals surface area contributed by atoms with Gasteiger partial charge in [0.25, 0.3) is 0 Å². The largest absolute Gasteiger partial charge is 0.383 e. The van der Waals surface area contributed by atoms with E-state index in [-0.39, 0.29) is 5.54 Å². The molecule has 0 spiro atoms. The Morgan fingerprint density at radius 2 is 1.89 bits per heavy atom. The number of hydrogen-bond donors (Lipinski definition) is 1. The Bertz CT molecular complexity index is 644. The summed E-state index contributed by atoms with van der Waals surface area (Å²) in [5.41, 5.74) is 9.93. The van der Waals surface area contributed by atoms with E-state index < -0.39 is 0 Å². The van der Waals surface area contributed by atoms with Crippen molar-refractivity contribution >= 4 is 16.9 Å². The van der Waals surface area contributed by atoms with Gasteiger partial charge in [-0.3, -0.25) is 0 Å². The lowest BCUT2D eigenvalue weighted by atomic mass is 9.74. The summed E-state index contributed by atoms with van der Waals surface area (Å²) in [7, 11) is 0. The zero-order chi connectivity index (χ0) is 13.8. The highest BCUT2D eigenvalue weighted by Crippen LogP contribution is 2.46. The Morgan fingerprint density at radius 3 is 2.42 bits per heavy atom. The quantitative estimate of drug-likeness (QED) is 0.899. The summed E-state index contributed by atoms with van der Waals surface area (Å²) >= 11 is 0. The average molecular weight is 258 g/mol. The van der Waals surface area contributed by atoms with Gasteiger partial charge < -0.3 is 10.3 Å². The second-order valence-electron chi connectivity index (χ2n) is 5.83. The van der Waals surface area contributed by atoms with Crippen LogP contribution >= 0.6 is 0 Å². The van der Waals surface area contributed by atoms with Gasteiger partial charge in [-0.05, 0) is 52.0 Å². The number of aryl methyl sites for hydroxylation is 2. The van der Waals surface area contributed by atoms with Gasteiger partial charge in [-0.25, -0.2) is 9.97 Å². The van der Waals surface area contributed by atoms with Crippen molar-refractivity contribution in [2.24, 2.45) is 0 Å². The Hall–Kier alpha value is -1.58. The van der Waals surface area contributed by atoms with Gasteiger partial charge in [0.15, 0.2) is 0 Å². The van der Waals surface area contributed by atoms with Crippen LogP contribution in [0.25, 0.3) is 11.0 Å². The molecule has 1 aliphatic rings. The second-order valence-corrected chi connectivity index (χ2v) is 5.83. The van der Waals surface area contributed by atoms with Crippen molar-refractivity contribution in [3.05, 3.63) is 17.1 Å². The summed E-state index contributed by atoms with van der Waals surface area (Å²) in [6.07, 6.45) is 4.96. The predicted molar refractivity (Wildman–Crippen MR) is 78.3 cm³/mol. The summed E-state index contributed by atoms with van der Waals surface area (Å²) in [5.74, 6) is 1.38. The van der Waals surface area contributed by atoms with Crippen LogP contribution in [-0.4, -0.2) is 14.5 Å². The van der Waals surface area contributed by atoms with E-state index in [1.807, 2.05) is 6.92 Å². The Balaban J connectivity index is 2.39. The Kier molecular flexibility index (Phi) is 2.59. The topological polar surface area (TPSA) is 56.7 Å². The van der Waals surface area contributed by atoms with Crippen LogP contribution in [0.5, 0.6) is 0 Å². The van der Waals surface area contributed by atoms with Crippen molar-refractivity contribution in [3.8, 4) is 0 Å². The lowest BCUT2D eigenvalue weighted by molar-refractivity contribution is 0.139. The molecule has 0 aliphatic heterocycles. The number of aromatic nitrogens is 3. The molecular weight excluding hydrogens is 236 g/mol. The molecule has 3 rings (SSSR count). The average Bonchev–Trinajstić information content (AvgIpc) is 2.53. The summed E-state index contributed by atoms with van der Waals surface area (Å²) in [6, 6.07) is 0. The fourth-order valence-electron chi connectivity index (χ4n) is 3.51. The molecule has 1 fully saturated rings. The fourth-order valence-corrected chi connectivity index (χ4v) is 3.51. The maximum atomic E-state index is 6.12. The van der Waals surface area contributed by atoms with Crippen molar-refractivity contribution in [2.45, 2.75) is 58.9 Å². The summed E-state index contributed by atoms with van der Waals surface area (Å²) < 4.78 is 2.44. The summed E-state index contributed by atoms with van der Waals surface area (Å²) in [4.78, 5) is 9.01. The fraction of sp³-hybridized carbons (Fsp3) is 0.600. The minimum absolute atomic E-state index is 0.254. The molecular formula is C15H22N4. The minimum atomic E-state index is 0.254. The number of hydrogen-bond acceptors (Lipinski definition) is 3. The maximum Gasteiger partial charge on any atom is 0.146 e. The number of anilines is 1. The van der Waals surface area contributed by atoms with Gasteiger partial charge >= 0.3 is 0 Å². The Morgan fingerprint density at radius 1 is 1.21 bits per heavy atom. The molecule has 2 aromatic heterocycles. The smallest absolute Gasteiger partial charge is 0.146 e. The maximum absolute atomic E-state index is 6.12. The summed E-state index contributed by atoms with van der Waals surface area (Å²) in [6.45, 7) is 8.50. The molecule has 0 unspecified atom stereocenters. The van der Waals surface area contributed by atoms with Gasteiger partial charge in [0.1, 0.15) is 17.3 Å². The van der Waals surface area contributed by atoms with Crippen LogP contribution in [0.4, 0.5) is 5.82 Å². The third-order valence-corrected chi connectivity index (χ3v) is 4.91. The van der Waals surface area contributed by atoms with Gasteiger partial charge in [-0.1, -0.05) is 6.92 Å². The molecule has 0 amide bonds. The first-order valence-electron chi connectivity index (χ1n) is 7.12. The highest BCUT2D eigenvalue weighted by molar-refractivity contribution is 5.91. The Labute approximate surface area is 114 Å². The van der Waals surface area contributed by atoms with Gasteiger partial charge in [0.2, 0.25) is 0 Å². The lowest BCUT2D eigenvalue weighted by Crippen LogP contribution is -2.40. The zero-order valence-electron chi connectivity index (χ0n) is 12.2. The van der Waals surface area contributed by atoms with Gasteiger partial charge in [0.05, 0.1) is 5.39 Å². The number of nitrogens with two attached hydrogens (primary N) is 1. The van der Waals surface area contributed by atoms with Crippen LogP contribution in [0.2, 0.25) is 0 Å². The van der Waals surface area contributed by atoms with E-state index in [2.05, 4.69) is 35.3 Å². The molecule has 0 bridgehead atoms. The first-order valence-corrected chi connectivity index (χ1v) is 7.12. The van der Waals surface area contributed by atoms with Crippen LogP contribution in [0, 0.1) is 20.8 Å². The molecule has 0 aromatic carbocycles. The van der Waals surface area contributed by atoms with Gasteiger partial charge in [-0.15, -0.1) is 0 Å². The van der Waals surface area contributed by atoms with Crippen molar-refractivity contribution in [1.82, 2.24) is 14.5 Å². The molecule has 1 saturated carbocycles. The number of nitrogens with zero attached hydrogens (tertiary/aromatic N) is 3. The minimum Gasteiger partial charge on any atom is -0.383 e. The zero-order valence-corrected chi connectivity index (χ0v) is 12.2. The molecule has 19 heavy (non-hydrogen) atoms. The molecule has 0 saturated heterocycles. The van der Waals surface area contributed by atoms with Gasteiger partial charge in [0, 0.05) is 11.2 Å². The number of fused-ring (bicyclic) bond motifs is 1. The molecule has 4 nitrogen and oxygen atoms in total. The normalized spacial score (nSPS) is 17.7. The molecule has 1 aliphatic carbocycles. The third-order valence-electron chi connectivity index (χ3n) is 4.91. The lowest BCUT2D eigenvalue weighted by Gasteiger charge is -2.44. The second kappa shape index (κ2) is 3.95. The van der Waals surface area contributed by atoms with Crippen molar-refractivity contribution in [1.29, 1.82) is 0 Å². The predicted octanol–water partition coefficient (Wildman–Crippen LogP) is 3.23. The monoisotopic (exact) mass is 258 g/mol. The van der Waals surface area contributed by atoms with Crippen molar-refractivity contribution < 1.29 is 0 Å².